The molecule has 29 heavy (non-hydrogen) atoms. The van der Waals surface area contributed by atoms with E-state index in [1.165, 1.54) is 16.5 Å². The van der Waals surface area contributed by atoms with Crippen LogP contribution in [0.4, 0.5) is 0 Å². The summed E-state index contributed by atoms with van der Waals surface area (Å²) in [6.07, 6.45) is 7.41. The van der Waals surface area contributed by atoms with Crippen LogP contribution in [0.25, 0.3) is 10.1 Å². The second-order valence-electron chi connectivity index (χ2n) is 8.80. The molecule has 156 valence electrons. The van der Waals surface area contributed by atoms with Crippen LogP contribution in [0.2, 0.25) is 0 Å². The van der Waals surface area contributed by atoms with E-state index >= 15 is 0 Å². The zero-order valence-corrected chi connectivity index (χ0v) is 18.5. The van der Waals surface area contributed by atoms with Crippen molar-refractivity contribution in [1.82, 2.24) is 9.80 Å². The Bertz CT molecular complexity index is 882. The van der Waals surface area contributed by atoms with Crippen LogP contribution in [0, 0.1) is 5.92 Å². The van der Waals surface area contributed by atoms with Gasteiger partial charge < -0.3 is 9.80 Å². The predicted molar refractivity (Wildman–Crippen MR) is 119 cm³/mol. The van der Waals surface area contributed by atoms with Gasteiger partial charge in [0, 0.05) is 37.3 Å². The van der Waals surface area contributed by atoms with Crippen LogP contribution in [-0.4, -0.2) is 47.3 Å². The van der Waals surface area contributed by atoms with Crippen LogP contribution in [0.5, 0.6) is 0 Å². The van der Waals surface area contributed by atoms with Gasteiger partial charge >= 0.3 is 0 Å². The van der Waals surface area contributed by atoms with Gasteiger partial charge in [0.25, 0.3) is 5.91 Å². The van der Waals surface area contributed by atoms with E-state index in [0.717, 1.165) is 68.6 Å². The summed E-state index contributed by atoms with van der Waals surface area (Å²) in [7, 11) is 0. The predicted octanol–water partition coefficient (Wildman–Crippen LogP) is 5.11. The van der Waals surface area contributed by atoms with E-state index in [2.05, 4.69) is 30.0 Å². The third-order valence-corrected chi connectivity index (χ3v) is 7.89. The zero-order chi connectivity index (χ0) is 20.4. The topological polar surface area (TPSA) is 40.6 Å². The van der Waals surface area contributed by atoms with Gasteiger partial charge in [0.2, 0.25) is 5.91 Å². The van der Waals surface area contributed by atoms with Crippen molar-refractivity contribution in [3.05, 3.63) is 34.7 Å². The number of fused-ring (bicyclic) bond motifs is 1. The van der Waals surface area contributed by atoms with Crippen LogP contribution in [-0.2, 0) is 11.2 Å². The molecule has 0 aliphatic carbocycles. The number of hydrogen-bond acceptors (Lipinski definition) is 3. The summed E-state index contributed by atoms with van der Waals surface area (Å²) in [4.78, 5) is 30.8. The first-order valence-corrected chi connectivity index (χ1v) is 11.9. The molecule has 1 aromatic carbocycles. The van der Waals surface area contributed by atoms with Crippen LogP contribution >= 0.6 is 11.3 Å². The van der Waals surface area contributed by atoms with Gasteiger partial charge in [0.05, 0.1) is 4.88 Å². The first-order valence-electron chi connectivity index (χ1n) is 11.1. The third kappa shape index (κ3) is 4.35. The van der Waals surface area contributed by atoms with Gasteiger partial charge in [-0.25, -0.2) is 0 Å². The molecule has 2 aliphatic heterocycles. The molecule has 0 N–H and O–H groups in total. The average molecular weight is 413 g/mol. The van der Waals surface area contributed by atoms with Crippen LogP contribution in [0.3, 0.4) is 0 Å². The largest absolute Gasteiger partial charge is 0.340 e. The summed E-state index contributed by atoms with van der Waals surface area (Å²) in [5.74, 6) is 1.06. The minimum Gasteiger partial charge on any atom is -0.340 e. The van der Waals surface area contributed by atoms with E-state index in [9.17, 15) is 9.59 Å². The van der Waals surface area contributed by atoms with Gasteiger partial charge in [0.15, 0.2) is 0 Å². The molecule has 0 bridgehead atoms. The van der Waals surface area contributed by atoms with E-state index < -0.39 is 0 Å². The molecule has 5 heteroatoms. The maximum Gasteiger partial charge on any atom is 0.264 e. The van der Waals surface area contributed by atoms with Crippen molar-refractivity contribution >= 4 is 33.2 Å². The van der Waals surface area contributed by atoms with Crippen molar-refractivity contribution in [2.75, 3.05) is 19.6 Å². The number of likely N-dealkylation sites (tertiary alicyclic amines) is 2. The number of nitrogens with zero attached hydrogens (tertiary/aromatic N) is 2. The number of benzene rings is 1. The van der Waals surface area contributed by atoms with Crippen molar-refractivity contribution in [2.24, 2.45) is 5.92 Å². The summed E-state index contributed by atoms with van der Waals surface area (Å²) < 4.78 is 1.18. The summed E-state index contributed by atoms with van der Waals surface area (Å²) in [5.41, 5.74) is 1.16. The second kappa shape index (κ2) is 8.86. The Kier molecular flexibility index (Phi) is 6.23. The zero-order valence-electron chi connectivity index (χ0n) is 17.7. The van der Waals surface area contributed by atoms with Crippen LogP contribution in [0.1, 0.15) is 67.6 Å². The lowest BCUT2D eigenvalue weighted by Crippen LogP contribution is -2.41. The monoisotopic (exact) mass is 412 g/mol. The number of piperidine rings is 1. The molecule has 2 saturated heterocycles. The first-order chi connectivity index (χ1) is 14.0. The number of rotatable bonds is 3. The molecule has 0 unspecified atom stereocenters. The lowest BCUT2D eigenvalue weighted by Gasteiger charge is -2.31. The standard InChI is InChI=1S/C24H32N2O2S/c1-17-11-14-25(15-12-17)24(28)23-21(20-9-5-6-10-22(20)29-23)16-19-8-4-3-7-13-26(19)18(2)27/h5-6,9-10,17,19H,3-4,7-8,11-16H2,1-2H3/t19-/m0/s1. The molecule has 2 aliphatic rings. The fourth-order valence-corrected chi connectivity index (χ4v) is 6.07. The quantitative estimate of drug-likeness (QED) is 0.703. The lowest BCUT2D eigenvalue weighted by molar-refractivity contribution is -0.131. The summed E-state index contributed by atoms with van der Waals surface area (Å²) in [6, 6.07) is 8.57. The van der Waals surface area contributed by atoms with Gasteiger partial charge in [-0.05, 0) is 55.0 Å². The van der Waals surface area contributed by atoms with Gasteiger partial charge in [0.1, 0.15) is 0 Å². The van der Waals surface area contributed by atoms with Crippen molar-refractivity contribution in [3.8, 4) is 0 Å². The number of hydrogen-bond donors (Lipinski definition) is 0. The normalized spacial score (nSPS) is 21.4. The molecule has 2 fully saturated rings. The van der Waals surface area contributed by atoms with E-state index in [1.54, 1.807) is 18.3 Å². The molecule has 1 atom stereocenters. The minimum absolute atomic E-state index is 0.161. The summed E-state index contributed by atoms with van der Waals surface area (Å²) >= 11 is 1.64. The Morgan fingerprint density at radius 1 is 1.03 bits per heavy atom. The van der Waals surface area contributed by atoms with E-state index in [0.29, 0.717) is 5.92 Å². The highest BCUT2D eigenvalue weighted by molar-refractivity contribution is 7.21. The highest BCUT2D eigenvalue weighted by Gasteiger charge is 2.30. The fourth-order valence-electron chi connectivity index (χ4n) is 4.87. The Morgan fingerprint density at radius 2 is 1.79 bits per heavy atom. The molecule has 1 aromatic heterocycles. The Balaban J connectivity index is 1.68. The summed E-state index contributed by atoms with van der Waals surface area (Å²) in [5, 5.41) is 1.19. The average Bonchev–Trinajstić information content (AvgIpc) is 2.91. The number of amides is 2. The molecule has 4 rings (SSSR count). The molecular formula is C24H32N2O2S. The van der Waals surface area contributed by atoms with Gasteiger partial charge in [-0.2, -0.15) is 0 Å². The van der Waals surface area contributed by atoms with E-state index in [1.807, 2.05) is 11.0 Å². The highest BCUT2D eigenvalue weighted by Crippen LogP contribution is 2.35. The minimum atomic E-state index is 0.161. The maximum atomic E-state index is 13.5. The van der Waals surface area contributed by atoms with Crippen molar-refractivity contribution in [2.45, 2.75) is 64.8 Å². The lowest BCUT2D eigenvalue weighted by atomic mass is 9.96. The number of thiophene rings is 1. The maximum absolute atomic E-state index is 13.5. The van der Waals surface area contributed by atoms with Gasteiger partial charge in [-0.1, -0.05) is 38.0 Å². The summed E-state index contributed by atoms with van der Waals surface area (Å²) in [6.45, 7) is 6.52. The molecule has 3 heterocycles. The van der Waals surface area contributed by atoms with Gasteiger partial charge in [-0.15, -0.1) is 11.3 Å². The SMILES string of the molecule is CC(=O)N1CCCCC[C@H]1Cc1c(C(=O)N2CCC(C)CC2)sc2ccccc12. The molecule has 2 aromatic rings. The van der Waals surface area contributed by atoms with Crippen LogP contribution in [0.15, 0.2) is 24.3 Å². The molecule has 0 radical (unpaired) electrons. The number of carbonyl (C=O) groups is 2. The van der Waals surface area contributed by atoms with Crippen molar-refractivity contribution < 1.29 is 9.59 Å². The molecule has 4 nitrogen and oxygen atoms in total. The Hall–Kier alpha value is -1.88. The molecule has 2 amide bonds. The Labute approximate surface area is 177 Å². The number of carbonyl (C=O) groups excluding carboxylic acids is 2. The first kappa shape index (κ1) is 20.4. The molecular weight excluding hydrogens is 380 g/mol. The smallest absolute Gasteiger partial charge is 0.264 e. The van der Waals surface area contributed by atoms with E-state index in [4.69, 9.17) is 0 Å². The molecule has 0 spiro atoms. The third-order valence-electron chi connectivity index (χ3n) is 6.68. The second-order valence-corrected chi connectivity index (χ2v) is 9.85. The van der Waals surface area contributed by atoms with Crippen molar-refractivity contribution in [1.29, 1.82) is 0 Å². The Morgan fingerprint density at radius 3 is 2.55 bits per heavy atom. The van der Waals surface area contributed by atoms with Gasteiger partial charge in [-0.3, -0.25) is 9.59 Å². The van der Waals surface area contributed by atoms with E-state index in [-0.39, 0.29) is 17.9 Å². The molecule has 0 saturated carbocycles. The van der Waals surface area contributed by atoms with Crippen molar-refractivity contribution in [3.63, 3.8) is 0 Å². The highest BCUT2D eigenvalue weighted by atomic mass is 32.1. The van der Waals surface area contributed by atoms with Crippen LogP contribution < -0.4 is 0 Å². The fraction of sp³-hybridized carbons (Fsp3) is 0.583.